The Morgan fingerprint density at radius 1 is 1.39 bits per heavy atom. The summed E-state index contributed by atoms with van der Waals surface area (Å²) in [6.45, 7) is 3.23. The Morgan fingerprint density at radius 3 is 3.00 bits per heavy atom. The average Bonchev–Trinajstić information content (AvgIpc) is 2.58. The second-order valence-electron chi connectivity index (χ2n) is 5.33. The van der Waals surface area contributed by atoms with Gasteiger partial charge in [-0.1, -0.05) is 24.6 Å². The van der Waals surface area contributed by atoms with Crippen LogP contribution in [0.1, 0.15) is 24.9 Å². The molecule has 0 aliphatic carbocycles. The largest absolute Gasteiger partial charge is 0.489 e. The monoisotopic (exact) mass is 336 g/mol. The molecular formula is C17H18ClFN2O2. The first-order valence-electron chi connectivity index (χ1n) is 7.52. The third-order valence-corrected chi connectivity index (χ3v) is 4.06. The number of ether oxygens (including phenoxy) is 2. The predicted octanol–water partition coefficient (Wildman–Crippen LogP) is 4.49. The van der Waals surface area contributed by atoms with E-state index in [4.69, 9.17) is 26.8 Å². The van der Waals surface area contributed by atoms with Crippen LogP contribution < -0.4 is 20.5 Å². The van der Waals surface area contributed by atoms with Crippen LogP contribution in [-0.2, 0) is 0 Å². The minimum Gasteiger partial charge on any atom is -0.489 e. The number of halogens is 2. The van der Waals surface area contributed by atoms with Gasteiger partial charge in [0, 0.05) is 24.2 Å². The summed E-state index contributed by atoms with van der Waals surface area (Å²) in [4.78, 5) is 0. The first-order valence-corrected chi connectivity index (χ1v) is 7.90. The molecule has 0 amide bonds. The number of rotatable bonds is 4. The molecule has 1 aliphatic rings. The SMILES string of the molecule is CC[C@@H](N)c1ccc(Cl)c(Oc2ccc3c(c2)OCCN3)c1F. The van der Waals surface area contributed by atoms with Gasteiger partial charge >= 0.3 is 0 Å². The normalized spacial score (nSPS) is 14.4. The van der Waals surface area contributed by atoms with Gasteiger partial charge in [-0.05, 0) is 24.6 Å². The van der Waals surface area contributed by atoms with Crippen LogP contribution in [0.15, 0.2) is 30.3 Å². The molecule has 0 saturated carbocycles. The van der Waals surface area contributed by atoms with Crippen molar-refractivity contribution in [1.82, 2.24) is 0 Å². The van der Waals surface area contributed by atoms with Crippen molar-refractivity contribution in [2.75, 3.05) is 18.5 Å². The Hall–Kier alpha value is -1.98. The zero-order valence-electron chi connectivity index (χ0n) is 12.7. The van der Waals surface area contributed by atoms with Crippen molar-refractivity contribution < 1.29 is 13.9 Å². The van der Waals surface area contributed by atoms with E-state index in [1.165, 1.54) is 0 Å². The van der Waals surface area contributed by atoms with Gasteiger partial charge in [0.25, 0.3) is 0 Å². The van der Waals surface area contributed by atoms with Gasteiger partial charge in [0.15, 0.2) is 11.6 Å². The molecule has 0 spiro atoms. The standard InChI is InChI=1S/C17H18ClFN2O2/c1-2-13(20)11-4-5-12(18)17(16(11)19)23-10-3-6-14-15(9-10)22-8-7-21-14/h3-6,9,13,21H,2,7-8,20H2,1H3/t13-/m1/s1. The maximum absolute atomic E-state index is 14.7. The van der Waals surface area contributed by atoms with Gasteiger partial charge in [0.1, 0.15) is 18.1 Å². The van der Waals surface area contributed by atoms with Gasteiger partial charge in [0.2, 0.25) is 0 Å². The number of hydrogen-bond donors (Lipinski definition) is 2. The van der Waals surface area contributed by atoms with Crippen LogP contribution in [0.5, 0.6) is 17.2 Å². The maximum Gasteiger partial charge on any atom is 0.181 e. The number of hydrogen-bond acceptors (Lipinski definition) is 4. The fraction of sp³-hybridized carbons (Fsp3) is 0.294. The third kappa shape index (κ3) is 3.21. The van der Waals surface area contributed by atoms with E-state index in [1.54, 1.807) is 24.3 Å². The van der Waals surface area contributed by atoms with Gasteiger partial charge in [-0.15, -0.1) is 0 Å². The maximum atomic E-state index is 14.7. The van der Waals surface area contributed by atoms with Gasteiger partial charge in [-0.3, -0.25) is 0 Å². The summed E-state index contributed by atoms with van der Waals surface area (Å²) in [5.41, 5.74) is 7.21. The van der Waals surface area contributed by atoms with Crippen molar-refractivity contribution >= 4 is 17.3 Å². The van der Waals surface area contributed by atoms with Gasteiger partial charge in [0.05, 0.1) is 10.7 Å². The van der Waals surface area contributed by atoms with Crippen molar-refractivity contribution in [3.05, 3.63) is 46.7 Å². The zero-order valence-corrected chi connectivity index (χ0v) is 13.5. The highest BCUT2D eigenvalue weighted by molar-refractivity contribution is 6.32. The first-order chi connectivity index (χ1) is 11.1. The molecule has 1 atom stereocenters. The molecule has 1 heterocycles. The third-order valence-electron chi connectivity index (χ3n) is 3.77. The molecule has 0 saturated heterocycles. The van der Waals surface area contributed by atoms with Crippen molar-refractivity contribution in [1.29, 1.82) is 0 Å². The number of nitrogens with two attached hydrogens (primary N) is 1. The molecule has 2 aromatic rings. The van der Waals surface area contributed by atoms with Crippen LogP contribution in [0, 0.1) is 5.82 Å². The van der Waals surface area contributed by atoms with E-state index in [0.717, 1.165) is 12.2 Å². The lowest BCUT2D eigenvalue weighted by Crippen LogP contribution is -2.17. The second-order valence-corrected chi connectivity index (χ2v) is 5.74. The molecule has 1 aliphatic heterocycles. The van der Waals surface area contributed by atoms with Crippen molar-refractivity contribution in [3.63, 3.8) is 0 Å². The molecular weight excluding hydrogens is 319 g/mol. The Labute approximate surface area is 139 Å². The van der Waals surface area contributed by atoms with E-state index in [0.29, 0.717) is 30.1 Å². The summed E-state index contributed by atoms with van der Waals surface area (Å²) in [5.74, 6) is 0.586. The molecule has 3 rings (SSSR count). The van der Waals surface area contributed by atoms with E-state index in [-0.39, 0.29) is 10.8 Å². The number of fused-ring (bicyclic) bond motifs is 1. The predicted molar refractivity (Wildman–Crippen MR) is 89.1 cm³/mol. The molecule has 122 valence electrons. The van der Waals surface area contributed by atoms with Gasteiger partial charge < -0.3 is 20.5 Å². The van der Waals surface area contributed by atoms with Crippen LogP contribution in [-0.4, -0.2) is 13.2 Å². The first kappa shape index (κ1) is 15.9. The molecule has 6 heteroatoms. The molecule has 0 unspecified atom stereocenters. The van der Waals surface area contributed by atoms with Crippen LogP contribution >= 0.6 is 11.6 Å². The molecule has 4 nitrogen and oxygen atoms in total. The Morgan fingerprint density at radius 2 is 2.22 bits per heavy atom. The molecule has 3 N–H and O–H groups in total. The molecule has 0 aromatic heterocycles. The van der Waals surface area contributed by atoms with Crippen LogP contribution in [0.25, 0.3) is 0 Å². The van der Waals surface area contributed by atoms with E-state index >= 15 is 0 Å². The highest BCUT2D eigenvalue weighted by Gasteiger charge is 2.19. The summed E-state index contributed by atoms with van der Waals surface area (Å²) in [5, 5.41) is 3.41. The minimum atomic E-state index is -0.524. The van der Waals surface area contributed by atoms with E-state index < -0.39 is 11.9 Å². The van der Waals surface area contributed by atoms with Crippen molar-refractivity contribution in [2.45, 2.75) is 19.4 Å². The quantitative estimate of drug-likeness (QED) is 0.864. The Bertz CT molecular complexity index is 724. The van der Waals surface area contributed by atoms with Crippen molar-refractivity contribution in [3.8, 4) is 17.2 Å². The Kier molecular flexibility index (Phi) is 4.59. The van der Waals surface area contributed by atoms with Crippen LogP contribution in [0.4, 0.5) is 10.1 Å². The second kappa shape index (κ2) is 6.64. The topological polar surface area (TPSA) is 56.5 Å². The summed E-state index contributed by atoms with van der Waals surface area (Å²) in [7, 11) is 0. The fourth-order valence-electron chi connectivity index (χ4n) is 2.44. The van der Waals surface area contributed by atoms with Crippen LogP contribution in [0.3, 0.4) is 0 Å². The molecule has 23 heavy (non-hydrogen) atoms. The lowest BCUT2D eigenvalue weighted by Gasteiger charge is -2.20. The highest BCUT2D eigenvalue weighted by atomic mass is 35.5. The lowest BCUT2D eigenvalue weighted by atomic mass is 10.0. The zero-order chi connectivity index (χ0) is 16.4. The van der Waals surface area contributed by atoms with Crippen LogP contribution in [0.2, 0.25) is 5.02 Å². The summed E-state index contributed by atoms with van der Waals surface area (Å²) in [6.07, 6.45) is 0.621. The summed E-state index contributed by atoms with van der Waals surface area (Å²) >= 11 is 6.09. The number of anilines is 1. The average molecular weight is 337 g/mol. The molecule has 0 radical (unpaired) electrons. The lowest BCUT2D eigenvalue weighted by molar-refractivity contribution is 0.321. The fourth-order valence-corrected chi connectivity index (χ4v) is 2.63. The Balaban J connectivity index is 1.93. The number of benzene rings is 2. The summed E-state index contributed by atoms with van der Waals surface area (Å²) in [6, 6.07) is 8.08. The molecule has 2 aromatic carbocycles. The van der Waals surface area contributed by atoms with Gasteiger partial charge in [-0.2, -0.15) is 0 Å². The minimum absolute atomic E-state index is 0.0169. The van der Waals surface area contributed by atoms with E-state index in [9.17, 15) is 4.39 Å². The smallest absolute Gasteiger partial charge is 0.181 e. The highest BCUT2D eigenvalue weighted by Crippen LogP contribution is 2.38. The van der Waals surface area contributed by atoms with E-state index in [1.807, 2.05) is 13.0 Å². The van der Waals surface area contributed by atoms with E-state index in [2.05, 4.69) is 5.32 Å². The molecule has 0 fully saturated rings. The van der Waals surface area contributed by atoms with Gasteiger partial charge in [-0.25, -0.2) is 4.39 Å². The van der Waals surface area contributed by atoms with Crippen molar-refractivity contribution in [2.24, 2.45) is 5.73 Å². The summed E-state index contributed by atoms with van der Waals surface area (Å²) < 4.78 is 25.9. The number of nitrogens with one attached hydrogen (secondary N) is 1. The molecule has 0 bridgehead atoms.